The van der Waals surface area contributed by atoms with E-state index < -0.39 is 0 Å². The summed E-state index contributed by atoms with van der Waals surface area (Å²) < 4.78 is 5.86. The molecule has 0 aliphatic carbocycles. The molecule has 6 heteroatoms. The summed E-state index contributed by atoms with van der Waals surface area (Å²) in [5, 5.41) is 7.27. The fraction of sp³-hybridized carbons (Fsp3) is 0.500. The zero-order chi connectivity index (χ0) is 8.97. The fourth-order valence-corrected chi connectivity index (χ4v) is 0.757. The molecule has 1 heterocycles. The van der Waals surface area contributed by atoms with Crippen molar-refractivity contribution in [2.45, 2.75) is 13.1 Å². The highest BCUT2D eigenvalue weighted by molar-refractivity contribution is 5.68. The number of hydrogen-bond donors (Lipinski definition) is 1. The van der Waals surface area contributed by atoms with Gasteiger partial charge in [0, 0.05) is 6.54 Å². The van der Waals surface area contributed by atoms with Crippen LogP contribution in [0.15, 0.2) is 6.20 Å². The van der Waals surface area contributed by atoms with Crippen molar-refractivity contribution in [3.05, 3.63) is 11.9 Å². The van der Waals surface area contributed by atoms with Crippen molar-refractivity contribution in [2.75, 3.05) is 7.11 Å². The summed E-state index contributed by atoms with van der Waals surface area (Å²) in [4.78, 5) is 10.8. The van der Waals surface area contributed by atoms with E-state index in [-0.39, 0.29) is 12.5 Å². The number of nitrogens with two attached hydrogens (primary N) is 1. The maximum Gasteiger partial charge on any atom is 0.327 e. The molecule has 0 radical (unpaired) electrons. The first-order chi connectivity index (χ1) is 5.77. The second-order valence-corrected chi connectivity index (χ2v) is 2.16. The summed E-state index contributed by atoms with van der Waals surface area (Å²) in [5.74, 6) is -0.366. The molecule has 12 heavy (non-hydrogen) atoms. The summed E-state index contributed by atoms with van der Waals surface area (Å²) >= 11 is 0. The molecule has 2 N–H and O–H groups in total. The number of hydrogen-bond acceptors (Lipinski definition) is 5. The topological polar surface area (TPSA) is 83.0 Å². The second kappa shape index (κ2) is 3.82. The third-order valence-corrected chi connectivity index (χ3v) is 1.41. The average Bonchev–Trinajstić information content (AvgIpc) is 2.51. The largest absolute Gasteiger partial charge is 0.468 e. The minimum Gasteiger partial charge on any atom is -0.468 e. The predicted octanol–water partition coefficient (Wildman–Crippen LogP) is -1.09. The van der Waals surface area contributed by atoms with E-state index in [2.05, 4.69) is 15.0 Å². The molecular formula is C6H10N4O2. The Bertz CT molecular complexity index is 270. The smallest absolute Gasteiger partial charge is 0.327 e. The van der Waals surface area contributed by atoms with E-state index >= 15 is 0 Å². The molecule has 0 spiro atoms. The molecule has 0 atom stereocenters. The summed E-state index contributed by atoms with van der Waals surface area (Å²) in [6.07, 6.45) is 1.52. The molecular weight excluding hydrogens is 160 g/mol. The lowest BCUT2D eigenvalue weighted by Gasteiger charge is -2.01. The molecule has 0 saturated heterocycles. The van der Waals surface area contributed by atoms with E-state index in [1.165, 1.54) is 18.0 Å². The van der Waals surface area contributed by atoms with Crippen molar-refractivity contribution in [2.24, 2.45) is 5.73 Å². The van der Waals surface area contributed by atoms with Gasteiger partial charge in [0.2, 0.25) is 0 Å². The van der Waals surface area contributed by atoms with Crippen LogP contribution in [0.25, 0.3) is 0 Å². The number of carbonyl (C=O) groups excluding carboxylic acids is 1. The third-order valence-electron chi connectivity index (χ3n) is 1.41. The predicted molar refractivity (Wildman–Crippen MR) is 39.9 cm³/mol. The third kappa shape index (κ3) is 1.79. The first-order valence-electron chi connectivity index (χ1n) is 3.42. The lowest BCUT2D eigenvalue weighted by Crippen LogP contribution is -2.16. The molecule has 1 rings (SSSR count). The Morgan fingerprint density at radius 1 is 1.83 bits per heavy atom. The summed E-state index contributed by atoms with van der Waals surface area (Å²) in [7, 11) is 1.32. The number of esters is 1. The summed E-state index contributed by atoms with van der Waals surface area (Å²) in [6, 6.07) is 0. The van der Waals surface area contributed by atoms with Crippen molar-refractivity contribution in [3.63, 3.8) is 0 Å². The molecule has 0 saturated carbocycles. The van der Waals surface area contributed by atoms with Gasteiger partial charge >= 0.3 is 5.97 Å². The van der Waals surface area contributed by atoms with E-state index in [1.807, 2.05) is 0 Å². The minimum absolute atomic E-state index is 0.0586. The van der Waals surface area contributed by atoms with Gasteiger partial charge in [0.1, 0.15) is 6.54 Å². The highest BCUT2D eigenvalue weighted by atomic mass is 16.5. The monoisotopic (exact) mass is 170 g/mol. The molecule has 1 aromatic heterocycles. The van der Waals surface area contributed by atoms with Crippen LogP contribution in [0.1, 0.15) is 5.69 Å². The maximum atomic E-state index is 10.8. The Morgan fingerprint density at radius 3 is 3.17 bits per heavy atom. The van der Waals surface area contributed by atoms with E-state index in [9.17, 15) is 4.79 Å². The van der Waals surface area contributed by atoms with Gasteiger partial charge in [-0.05, 0) is 0 Å². The number of nitrogens with zero attached hydrogens (tertiary/aromatic N) is 3. The Kier molecular flexibility index (Phi) is 2.76. The van der Waals surface area contributed by atoms with Crippen LogP contribution in [-0.4, -0.2) is 28.1 Å². The van der Waals surface area contributed by atoms with Crippen LogP contribution in [0.2, 0.25) is 0 Å². The van der Waals surface area contributed by atoms with Gasteiger partial charge in [-0.1, -0.05) is 5.21 Å². The summed E-state index contributed by atoms with van der Waals surface area (Å²) in [6.45, 7) is 0.368. The zero-order valence-corrected chi connectivity index (χ0v) is 6.73. The van der Waals surface area contributed by atoms with Crippen molar-refractivity contribution in [1.29, 1.82) is 0 Å². The second-order valence-electron chi connectivity index (χ2n) is 2.16. The molecule has 6 nitrogen and oxygen atoms in total. The fourth-order valence-electron chi connectivity index (χ4n) is 0.757. The highest BCUT2D eigenvalue weighted by Crippen LogP contribution is 1.94. The van der Waals surface area contributed by atoms with E-state index in [1.54, 1.807) is 0 Å². The molecule has 0 bridgehead atoms. The van der Waals surface area contributed by atoms with Crippen LogP contribution >= 0.6 is 0 Å². The quantitative estimate of drug-likeness (QED) is 0.583. The Balaban J connectivity index is 2.68. The minimum atomic E-state index is -0.366. The van der Waals surface area contributed by atoms with Gasteiger partial charge in [-0.3, -0.25) is 4.79 Å². The van der Waals surface area contributed by atoms with Crippen molar-refractivity contribution in [1.82, 2.24) is 15.0 Å². The Labute approximate surface area is 69.3 Å². The van der Waals surface area contributed by atoms with E-state index in [0.29, 0.717) is 12.2 Å². The van der Waals surface area contributed by atoms with E-state index in [0.717, 1.165) is 0 Å². The molecule has 0 aliphatic heterocycles. The van der Waals surface area contributed by atoms with Gasteiger partial charge in [0.15, 0.2) is 0 Å². The van der Waals surface area contributed by atoms with Crippen LogP contribution in [0, 0.1) is 0 Å². The Hall–Kier alpha value is -1.43. The van der Waals surface area contributed by atoms with Crippen LogP contribution in [0.3, 0.4) is 0 Å². The Morgan fingerprint density at radius 2 is 2.58 bits per heavy atom. The van der Waals surface area contributed by atoms with Gasteiger partial charge in [-0.15, -0.1) is 5.10 Å². The van der Waals surface area contributed by atoms with Crippen LogP contribution < -0.4 is 5.73 Å². The highest BCUT2D eigenvalue weighted by Gasteiger charge is 2.06. The summed E-state index contributed by atoms with van der Waals surface area (Å²) in [5.41, 5.74) is 6.07. The zero-order valence-electron chi connectivity index (χ0n) is 6.73. The normalized spacial score (nSPS) is 9.83. The number of carbonyl (C=O) groups is 1. The standard InChI is InChI=1S/C6H10N4O2/c1-12-6(11)4-10-5(2-7)3-8-9-10/h3H,2,4,7H2,1H3. The number of rotatable bonds is 3. The van der Waals surface area contributed by atoms with Crippen molar-refractivity contribution in [3.8, 4) is 0 Å². The van der Waals surface area contributed by atoms with Crippen LogP contribution in [0.5, 0.6) is 0 Å². The molecule has 66 valence electrons. The lowest BCUT2D eigenvalue weighted by atomic mass is 10.4. The van der Waals surface area contributed by atoms with Gasteiger partial charge in [0.05, 0.1) is 19.0 Å². The number of methoxy groups -OCH3 is 1. The lowest BCUT2D eigenvalue weighted by molar-refractivity contribution is -0.141. The SMILES string of the molecule is COC(=O)Cn1nncc1CN. The number of ether oxygens (including phenoxy) is 1. The molecule has 0 unspecified atom stereocenters. The van der Waals surface area contributed by atoms with Crippen molar-refractivity contribution < 1.29 is 9.53 Å². The van der Waals surface area contributed by atoms with Gasteiger partial charge < -0.3 is 10.5 Å². The molecule has 0 fully saturated rings. The molecule has 0 amide bonds. The maximum absolute atomic E-state index is 10.8. The van der Waals surface area contributed by atoms with Crippen molar-refractivity contribution >= 4 is 5.97 Å². The molecule has 0 aliphatic rings. The first-order valence-corrected chi connectivity index (χ1v) is 3.42. The first kappa shape index (κ1) is 8.66. The van der Waals surface area contributed by atoms with Crippen LogP contribution in [-0.2, 0) is 22.6 Å². The number of aromatic nitrogens is 3. The van der Waals surface area contributed by atoms with Crippen LogP contribution in [0.4, 0.5) is 0 Å². The molecule has 0 aromatic carbocycles. The van der Waals surface area contributed by atoms with Gasteiger partial charge in [0.25, 0.3) is 0 Å². The molecule has 1 aromatic rings. The van der Waals surface area contributed by atoms with E-state index in [4.69, 9.17) is 5.73 Å². The van der Waals surface area contributed by atoms with Gasteiger partial charge in [-0.25, -0.2) is 4.68 Å². The van der Waals surface area contributed by atoms with Gasteiger partial charge in [-0.2, -0.15) is 0 Å². The average molecular weight is 170 g/mol.